The highest BCUT2D eigenvalue weighted by molar-refractivity contribution is 6.34. The number of hydrogen-bond acceptors (Lipinski definition) is 3. The first kappa shape index (κ1) is 9.09. The van der Waals surface area contributed by atoms with E-state index in [-0.39, 0.29) is 5.88 Å². The van der Waals surface area contributed by atoms with Crippen LogP contribution in [0.25, 0.3) is 11.3 Å². The van der Waals surface area contributed by atoms with E-state index in [2.05, 4.69) is 5.16 Å². The molecule has 0 fully saturated rings. The molecule has 0 aliphatic heterocycles. The Labute approximate surface area is 86.5 Å². The first-order valence-corrected chi connectivity index (χ1v) is 4.54. The lowest BCUT2D eigenvalue weighted by Crippen LogP contribution is -1.82. The van der Waals surface area contributed by atoms with Gasteiger partial charge in [0.15, 0.2) is 0 Å². The van der Waals surface area contributed by atoms with Gasteiger partial charge in [0.1, 0.15) is 5.69 Å². The summed E-state index contributed by atoms with van der Waals surface area (Å²) in [5.74, 6) is 0.289. The van der Waals surface area contributed by atoms with Gasteiger partial charge in [-0.2, -0.15) is 0 Å². The van der Waals surface area contributed by atoms with Gasteiger partial charge in [-0.1, -0.05) is 35.0 Å². The van der Waals surface area contributed by atoms with Crippen LogP contribution in [0.5, 0.6) is 0 Å². The Morgan fingerprint density at radius 3 is 2.86 bits per heavy atom. The van der Waals surface area contributed by atoms with Crippen LogP contribution in [0.4, 0.5) is 5.88 Å². The number of halogens is 1. The summed E-state index contributed by atoms with van der Waals surface area (Å²) in [4.78, 5) is 0. The van der Waals surface area contributed by atoms with Crippen LogP contribution in [0.3, 0.4) is 0 Å². The zero-order valence-corrected chi connectivity index (χ0v) is 8.38. The predicted octanol–water partition coefficient (Wildman–Crippen LogP) is 2.89. The van der Waals surface area contributed by atoms with Crippen LogP contribution in [0.2, 0.25) is 5.02 Å². The van der Waals surface area contributed by atoms with Gasteiger partial charge in [0.2, 0.25) is 5.88 Å². The summed E-state index contributed by atoms with van der Waals surface area (Å²) >= 11 is 6.11. The zero-order valence-electron chi connectivity index (χ0n) is 7.62. The summed E-state index contributed by atoms with van der Waals surface area (Å²) in [6.07, 6.45) is 0. The molecule has 0 radical (unpaired) electrons. The van der Waals surface area contributed by atoms with Crippen molar-refractivity contribution in [3.8, 4) is 11.3 Å². The number of nitrogen functional groups attached to an aromatic ring is 1. The number of hydrogen-bond donors (Lipinski definition) is 1. The summed E-state index contributed by atoms with van der Waals surface area (Å²) in [7, 11) is 0. The summed E-state index contributed by atoms with van der Waals surface area (Å²) in [5.41, 5.74) is 7.94. The second-order valence-corrected chi connectivity index (χ2v) is 3.43. The van der Waals surface area contributed by atoms with E-state index in [9.17, 15) is 0 Å². The Bertz CT molecular complexity index is 465. The summed E-state index contributed by atoms with van der Waals surface area (Å²) in [6, 6.07) is 7.39. The number of anilines is 1. The van der Waals surface area contributed by atoms with Crippen molar-refractivity contribution in [2.45, 2.75) is 6.92 Å². The molecule has 1 aromatic heterocycles. The third-order valence-electron chi connectivity index (χ3n) is 2.00. The largest absolute Gasteiger partial charge is 0.368 e. The lowest BCUT2D eigenvalue weighted by Gasteiger charge is -2.01. The third kappa shape index (κ3) is 1.46. The maximum atomic E-state index is 6.11. The van der Waals surface area contributed by atoms with Gasteiger partial charge in [-0.3, -0.25) is 0 Å². The number of nitrogens with zero attached hydrogens (tertiary/aromatic N) is 1. The van der Waals surface area contributed by atoms with E-state index in [0.717, 1.165) is 11.1 Å². The average Bonchev–Trinajstić information content (AvgIpc) is 2.57. The molecule has 1 heterocycles. The first-order valence-electron chi connectivity index (χ1n) is 4.16. The minimum Gasteiger partial charge on any atom is -0.368 e. The van der Waals surface area contributed by atoms with Gasteiger partial charge in [0.25, 0.3) is 0 Å². The van der Waals surface area contributed by atoms with Crippen LogP contribution >= 0.6 is 11.6 Å². The van der Waals surface area contributed by atoms with Gasteiger partial charge in [0.05, 0.1) is 5.02 Å². The van der Waals surface area contributed by atoms with Crippen LogP contribution in [0.1, 0.15) is 5.56 Å². The lowest BCUT2D eigenvalue weighted by atomic mass is 10.1. The fourth-order valence-electron chi connectivity index (χ4n) is 1.26. The topological polar surface area (TPSA) is 52.0 Å². The van der Waals surface area contributed by atoms with Gasteiger partial charge in [-0.05, 0) is 12.5 Å². The van der Waals surface area contributed by atoms with Crippen LogP contribution < -0.4 is 5.73 Å². The standard InChI is InChI=1S/C10H9ClN2O/c1-6-3-2-4-7(10(6)11)8-5-9(12)14-13-8/h2-5H,12H2,1H3. The Kier molecular flexibility index (Phi) is 2.17. The fraction of sp³-hybridized carbons (Fsp3) is 0.100. The van der Waals surface area contributed by atoms with Crippen molar-refractivity contribution in [2.24, 2.45) is 0 Å². The van der Waals surface area contributed by atoms with Crippen molar-refractivity contribution >= 4 is 17.5 Å². The van der Waals surface area contributed by atoms with E-state index in [0.29, 0.717) is 10.7 Å². The molecular weight excluding hydrogens is 200 g/mol. The number of rotatable bonds is 1. The summed E-state index contributed by atoms with van der Waals surface area (Å²) in [6.45, 7) is 1.94. The Morgan fingerprint density at radius 2 is 2.21 bits per heavy atom. The Morgan fingerprint density at radius 1 is 1.43 bits per heavy atom. The molecule has 0 aliphatic rings. The quantitative estimate of drug-likeness (QED) is 0.784. The van der Waals surface area contributed by atoms with Crippen molar-refractivity contribution in [2.75, 3.05) is 5.73 Å². The first-order chi connectivity index (χ1) is 6.68. The van der Waals surface area contributed by atoms with E-state index >= 15 is 0 Å². The molecule has 2 N–H and O–H groups in total. The maximum absolute atomic E-state index is 6.11. The van der Waals surface area contributed by atoms with Crippen molar-refractivity contribution in [3.63, 3.8) is 0 Å². The molecule has 3 nitrogen and oxygen atoms in total. The summed E-state index contributed by atoms with van der Waals surface area (Å²) in [5, 5.41) is 4.48. The smallest absolute Gasteiger partial charge is 0.222 e. The van der Waals surface area contributed by atoms with Crippen LogP contribution in [0, 0.1) is 6.92 Å². The van der Waals surface area contributed by atoms with Gasteiger partial charge < -0.3 is 10.3 Å². The SMILES string of the molecule is Cc1cccc(-c2cc(N)on2)c1Cl. The molecule has 0 amide bonds. The van der Waals surface area contributed by atoms with Crippen molar-refractivity contribution in [1.29, 1.82) is 0 Å². The molecule has 0 atom stereocenters. The predicted molar refractivity (Wildman–Crippen MR) is 56.1 cm³/mol. The van der Waals surface area contributed by atoms with Crippen LogP contribution in [-0.4, -0.2) is 5.16 Å². The number of aromatic nitrogens is 1. The Hall–Kier alpha value is -1.48. The molecule has 2 aromatic rings. The van der Waals surface area contributed by atoms with E-state index < -0.39 is 0 Å². The van der Waals surface area contributed by atoms with E-state index in [1.54, 1.807) is 6.07 Å². The van der Waals surface area contributed by atoms with Crippen molar-refractivity contribution in [3.05, 3.63) is 34.9 Å². The van der Waals surface area contributed by atoms with Gasteiger partial charge in [0, 0.05) is 11.6 Å². The highest BCUT2D eigenvalue weighted by Gasteiger charge is 2.09. The van der Waals surface area contributed by atoms with Gasteiger partial charge >= 0.3 is 0 Å². The van der Waals surface area contributed by atoms with E-state index in [4.69, 9.17) is 21.9 Å². The molecule has 0 saturated carbocycles. The Balaban J connectivity index is 2.57. The van der Waals surface area contributed by atoms with Crippen LogP contribution in [-0.2, 0) is 0 Å². The van der Waals surface area contributed by atoms with Crippen LogP contribution in [0.15, 0.2) is 28.8 Å². The third-order valence-corrected chi connectivity index (χ3v) is 2.50. The molecule has 2 rings (SSSR count). The fourth-order valence-corrected chi connectivity index (χ4v) is 1.48. The highest BCUT2D eigenvalue weighted by atomic mass is 35.5. The molecule has 72 valence electrons. The molecule has 0 unspecified atom stereocenters. The zero-order chi connectivity index (χ0) is 10.1. The molecule has 14 heavy (non-hydrogen) atoms. The molecule has 0 spiro atoms. The maximum Gasteiger partial charge on any atom is 0.222 e. The van der Waals surface area contributed by atoms with Crippen molar-refractivity contribution in [1.82, 2.24) is 5.16 Å². The molecule has 0 saturated heterocycles. The molecular formula is C10H9ClN2O. The molecule has 1 aromatic carbocycles. The van der Waals surface area contributed by atoms with Crippen molar-refractivity contribution < 1.29 is 4.52 Å². The number of nitrogens with two attached hydrogens (primary N) is 1. The average molecular weight is 209 g/mol. The minimum atomic E-state index is 0.289. The molecule has 4 heteroatoms. The minimum absolute atomic E-state index is 0.289. The number of benzene rings is 1. The van der Waals surface area contributed by atoms with Gasteiger partial charge in [-0.15, -0.1) is 0 Å². The second kappa shape index (κ2) is 3.35. The van der Waals surface area contributed by atoms with E-state index in [1.165, 1.54) is 0 Å². The van der Waals surface area contributed by atoms with E-state index in [1.807, 2.05) is 25.1 Å². The normalized spacial score (nSPS) is 10.4. The lowest BCUT2D eigenvalue weighted by molar-refractivity contribution is 0.439. The number of aryl methyl sites for hydroxylation is 1. The second-order valence-electron chi connectivity index (χ2n) is 3.05. The monoisotopic (exact) mass is 208 g/mol. The molecule has 0 bridgehead atoms. The molecule has 0 aliphatic carbocycles. The van der Waals surface area contributed by atoms with Gasteiger partial charge in [-0.25, -0.2) is 0 Å². The summed E-state index contributed by atoms with van der Waals surface area (Å²) < 4.78 is 4.78. The highest BCUT2D eigenvalue weighted by Crippen LogP contribution is 2.30.